The van der Waals surface area contributed by atoms with E-state index >= 15 is 0 Å². The standard InChI is InChI=1S/C19H19N6O3S/c1-3-28-16-6-4-14(5-7-16)22-19-23-18-13-20-8-9-25(18,24-19)15-10-17(12-21-11-15)29(2,26)27/h4-13H,3H2,1-2H3,(H,22,24)/q+1. The fraction of sp³-hybridized carbons (Fsp3) is 0.158. The first kappa shape index (κ1) is 19.0. The summed E-state index contributed by atoms with van der Waals surface area (Å²) in [7, 11) is -3.41. The number of ether oxygens (including phenoxy) is 1. The maximum absolute atomic E-state index is 12.0. The SMILES string of the molecule is CCOc1ccc(NC2=N[N+]3(c4cncc(S(C)(=O)=O)c4)C=CN=CC3=N2)cc1. The third-order valence-corrected chi connectivity index (χ3v) is 5.40. The Balaban J connectivity index is 1.70. The number of fused-ring (bicyclic) bond motifs is 1. The number of quaternary nitrogens is 1. The predicted octanol–water partition coefficient (Wildman–Crippen LogP) is 2.54. The van der Waals surface area contributed by atoms with Crippen molar-refractivity contribution in [3.05, 3.63) is 55.1 Å². The van der Waals surface area contributed by atoms with Gasteiger partial charge >= 0.3 is 0 Å². The van der Waals surface area contributed by atoms with E-state index in [2.05, 4.69) is 25.4 Å². The number of guanidine groups is 1. The average molecular weight is 411 g/mol. The summed E-state index contributed by atoms with van der Waals surface area (Å²) in [6.07, 6.45) is 8.92. The maximum Gasteiger partial charge on any atom is 0.287 e. The molecule has 1 aromatic carbocycles. The van der Waals surface area contributed by atoms with Crippen LogP contribution >= 0.6 is 0 Å². The van der Waals surface area contributed by atoms with Crippen LogP contribution < -0.4 is 14.6 Å². The van der Waals surface area contributed by atoms with Crippen molar-refractivity contribution >= 4 is 39.2 Å². The molecule has 4 rings (SSSR count). The molecule has 2 aliphatic heterocycles. The summed E-state index contributed by atoms with van der Waals surface area (Å²) in [5.74, 6) is 1.66. The highest BCUT2D eigenvalue weighted by atomic mass is 32.2. The van der Waals surface area contributed by atoms with Gasteiger partial charge in [0.1, 0.15) is 12.0 Å². The lowest BCUT2D eigenvalue weighted by molar-refractivity contribution is 0.340. The predicted molar refractivity (Wildman–Crippen MR) is 113 cm³/mol. The second-order valence-corrected chi connectivity index (χ2v) is 8.40. The van der Waals surface area contributed by atoms with Gasteiger partial charge in [0.2, 0.25) is 0 Å². The molecule has 1 aromatic heterocycles. The Kier molecular flexibility index (Phi) is 4.73. The van der Waals surface area contributed by atoms with Crippen molar-refractivity contribution in [3.8, 4) is 5.75 Å². The van der Waals surface area contributed by atoms with E-state index in [1.807, 2.05) is 31.2 Å². The molecule has 2 aromatic rings. The fourth-order valence-electron chi connectivity index (χ4n) is 2.93. The van der Waals surface area contributed by atoms with Crippen LogP contribution in [-0.4, -0.2) is 44.3 Å². The van der Waals surface area contributed by atoms with Crippen LogP contribution in [0.4, 0.5) is 11.4 Å². The number of rotatable bonds is 5. The maximum atomic E-state index is 12.0. The summed E-state index contributed by atoms with van der Waals surface area (Å²) in [5, 5.41) is 7.85. The molecule has 0 bridgehead atoms. The molecule has 10 heteroatoms. The van der Waals surface area contributed by atoms with Crippen molar-refractivity contribution in [2.75, 3.05) is 18.2 Å². The Morgan fingerprint density at radius 2 is 1.97 bits per heavy atom. The van der Waals surface area contributed by atoms with E-state index in [9.17, 15) is 8.42 Å². The number of amidine groups is 1. The molecule has 2 aliphatic rings. The number of benzene rings is 1. The normalized spacial score (nSPS) is 20.1. The molecule has 0 spiro atoms. The van der Waals surface area contributed by atoms with Crippen LogP contribution in [0.5, 0.6) is 5.75 Å². The Labute approximate surface area is 168 Å². The van der Waals surface area contributed by atoms with E-state index in [0.29, 0.717) is 24.1 Å². The molecule has 0 saturated heterocycles. The lowest BCUT2D eigenvalue weighted by Gasteiger charge is -2.23. The van der Waals surface area contributed by atoms with Crippen LogP contribution in [0, 0.1) is 0 Å². The first-order chi connectivity index (χ1) is 13.9. The molecular formula is C19H19N6O3S+. The molecule has 9 nitrogen and oxygen atoms in total. The topological polar surface area (TPSA) is 105 Å². The Morgan fingerprint density at radius 3 is 2.69 bits per heavy atom. The molecule has 3 heterocycles. The number of nitrogens with one attached hydrogen (secondary N) is 1. The summed E-state index contributed by atoms with van der Waals surface area (Å²) < 4.78 is 29.2. The van der Waals surface area contributed by atoms with E-state index < -0.39 is 9.84 Å². The van der Waals surface area contributed by atoms with E-state index in [0.717, 1.165) is 17.7 Å². The molecule has 0 radical (unpaired) electrons. The Morgan fingerprint density at radius 1 is 1.17 bits per heavy atom. The number of aromatic nitrogens is 1. The van der Waals surface area contributed by atoms with E-state index in [4.69, 9.17) is 4.74 Å². The Bertz CT molecular complexity index is 1170. The largest absolute Gasteiger partial charge is 0.494 e. The van der Waals surface area contributed by atoms with Crippen LogP contribution in [0.15, 0.2) is 75.1 Å². The molecule has 0 aliphatic carbocycles. The summed E-state index contributed by atoms with van der Waals surface area (Å²) in [4.78, 5) is 12.8. The van der Waals surface area contributed by atoms with Gasteiger partial charge in [-0.3, -0.25) is 9.98 Å². The minimum Gasteiger partial charge on any atom is -0.494 e. The molecule has 1 atom stereocenters. The van der Waals surface area contributed by atoms with Gasteiger partial charge in [-0.05, 0) is 36.3 Å². The highest BCUT2D eigenvalue weighted by Gasteiger charge is 2.43. The summed E-state index contributed by atoms with van der Waals surface area (Å²) >= 11 is 0. The quantitative estimate of drug-likeness (QED) is 0.761. The lowest BCUT2D eigenvalue weighted by atomic mass is 10.3. The molecule has 148 valence electrons. The third-order valence-electron chi connectivity index (χ3n) is 4.32. The Hall–Kier alpha value is -3.37. The van der Waals surface area contributed by atoms with Crippen molar-refractivity contribution in [2.45, 2.75) is 11.8 Å². The number of nitrogens with zero attached hydrogens (tertiary/aromatic N) is 5. The summed E-state index contributed by atoms with van der Waals surface area (Å²) in [6.45, 7) is 2.52. The molecule has 29 heavy (non-hydrogen) atoms. The minimum atomic E-state index is -3.41. The number of pyridine rings is 1. The molecular weight excluding hydrogens is 392 g/mol. The van der Waals surface area contributed by atoms with E-state index in [1.165, 1.54) is 6.20 Å². The summed E-state index contributed by atoms with van der Waals surface area (Å²) in [6, 6.07) is 8.99. The van der Waals surface area contributed by atoms with Crippen LogP contribution in [0.2, 0.25) is 0 Å². The monoisotopic (exact) mass is 411 g/mol. The first-order valence-corrected chi connectivity index (χ1v) is 10.7. The lowest BCUT2D eigenvalue weighted by Crippen LogP contribution is -2.44. The molecule has 1 unspecified atom stereocenters. The van der Waals surface area contributed by atoms with Gasteiger partial charge in [0.15, 0.2) is 21.7 Å². The summed E-state index contributed by atoms with van der Waals surface area (Å²) in [5.41, 5.74) is 1.33. The number of sulfone groups is 1. The van der Waals surface area contributed by atoms with Crippen molar-refractivity contribution in [2.24, 2.45) is 15.1 Å². The van der Waals surface area contributed by atoms with Crippen LogP contribution in [0.3, 0.4) is 0 Å². The van der Waals surface area contributed by atoms with E-state index in [1.54, 1.807) is 30.9 Å². The van der Waals surface area contributed by atoms with Crippen molar-refractivity contribution in [3.63, 3.8) is 0 Å². The van der Waals surface area contributed by atoms with Crippen molar-refractivity contribution in [1.29, 1.82) is 0 Å². The molecule has 0 amide bonds. The number of hydrogen-bond donors (Lipinski definition) is 1. The molecule has 1 N–H and O–H groups in total. The van der Waals surface area contributed by atoms with Crippen LogP contribution in [0.1, 0.15) is 6.92 Å². The van der Waals surface area contributed by atoms with Gasteiger partial charge in [-0.2, -0.15) is 4.99 Å². The number of anilines is 1. The van der Waals surface area contributed by atoms with E-state index in [-0.39, 0.29) is 9.49 Å². The van der Waals surface area contributed by atoms with Crippen molar-refractivity contribution in [1.82, 2.24) is 9.58 Å². The van der Waals surface area contributed by atoms with Gasteiger partial charge in [0.25, 0.3) is 11.8 Å². The van der Waals surface area contributed by atoms with Gasteiger partial charge in [-0.25, -0.2) is 8.42 Å². The highest BCUT2D eigenvalue weighted by Crippen LogP contribution is 2.32. The average Bonchev–Trinajstić information content (AvgIpc) is 3.08. The second-order valence-electron chi connectivity index (χ2n) is 6.39. The zero-order valence-corrected chi connectivity index (χ0v) is 16.7. The van der Waals surface area contributed by atoms with Gasteiger partial charge in [0, 0.05) is 24.2 Å². The van der Waals surface area contributed by atoms with Crippen LogP contribution in [-0.2, 0) is 9.84 Å². The minimum absolute atomic E-state index is 0.112. The highest BCUT2D eigenvalue weighted by molar-refractivity contribution is 7.90. The second kappa shape index (κ2) is 7.22. The number of aliphatic imine (C=N–C) groups is 2. The number of hydrogen-bond acceptors (Lipinski definition) is 8. The molecule has 0 fully saturated rings. The van der Waals surface area contributed by atoms with Crippen LogP contribution in [0.25, 0.3) is 0 Å². The zero-order chi connectivity index (χ0) is 20.5. The third kappa shape index (κ3) is 3.67. The van der Waals surface area contributed by atoms with Gasteiger partial charge < -0.3 is 10.1 Å². The van der Waals surface area contributed by atoms with Crippen molar-refractivity contribution < 1.29 is 13.2 Å². The molecule has 0 saturated carbocycles. The van der Waals surface area contributed by atoms with Gasteiger partial charge in [-0.1, -0.05) is 4.59 Å². The first-order valence-electron chi connectivity index (χ1n) is 8.85. The zero-order valence-electron chi connectivity index (χ0n) is 15.8. The smallest absolute Gasteiger partial charge is 0.287 e. The fourth-order valence-corrected chi connectivity index (χ4v) is 3.52. The van der Waals surface area contributed by atoms with Gasteiger partial charge in [-0.15, -0.1) is 0 Å². The van der Waals surface area contributed by atoms with Gasteiger partial charge in [0.05, 0.1) is 23.9 Å².